The molecule has 0 aliphatic carbocycles. The second-order valence-corrected chi connectivity index (χ2v) is 5.85. The maximum Gasteiger partial charge on any atom is 0.306 e. The summed E-state index contributed by atoms with van der Waals surface area (Å²) in [4.78, 5) is 24.6. The third kappa shape index (κ3) is 5.31. The van der Waals surface area contributed by atoms with Crippen LogP contribution in [0.4, 0.5) is 0 Å². The second-order valence-electron chi connectivity index (χ2n) is 5.41. The van der Waals surface area contributed by atoms with Crippen molar-refractivity contribution < 1.29 is 19.4 Å². The van der Waals surface area contributed by atoms with Gasteiger partial charge >= 0.3 is 5.97 Å². The SMILES string of the molecule is O=C(O)C[C@H]1CN(C(=O)CCCc2ccc(Cl)cc2)CCO1. The lowest BCUT2D eigenvalue weighted by atomic mass is 10.1. The minimum atomic E-state index is -0.901. The number of halogens is 1. The highest BCUT2D eigenvalue weighted by molar-refractivity contribution is 6.30. The standard InChI is InChI=1S/C16H20ClNO4/c17-13-6-4-12(5-7-13)2-1-3-15(19)18-8-9-22-14(11-18)10-16(20)21/h4-7,14H,1-3,8-11H2,(H,20,21)/t14-/m0/s1. The van der Waals surface area contributed by atoms with Crippen LogP contribution in [0.25, 0.3) is 0 Å². The summed E-state index contributed by atoms with van der Waals surface area (Å²) in [6.07, 6.45) is 1.59. The summed E-state index contributed by atoms with van der Waals surface area (Å²) in [5.41, 5.74) is 1.16. The largest absolute Gasteiger partial charge is 0.481 e. The fourth-order valence-electron chi connectivity index (χ4n) is 2.52. The molecule has 120 valence electrons. The quantitative estimate of drug-likeness (QED) is 0.872. The maximum atomic E-state index is 12.2. The van der Waals surface area contributed by atoms with E-state index in [1.165, 1.54) is 0 Å². The van der Waals surface area contributed by atoms with Crippen molar-refractivity contribution in [3.63, 3.8) is 0 Å². The molecule has 0 saturated carbocycles. The van der Waals surface area contributed by atoms with Crippen LogP contribution in [-0.4, -0.2) is 47.7 Å². The van der Waals surface area contributed by atoms with Gasteiger partial charge in [0.1, 0.15) is 0 Å². The van der Waals surface area contributed by atoms with Crippen molar-refractivity contribution in [3.8, 4) is 0 Å². The lowest BCUT2D eigenvalue weighted by Crippen LogP contribution is -2.46. The van der Waals surface area contributed by atoms with Crippen molar-refractivity contribution in [2.75, 3.05) is 19.7 Å². The molecule has 5 nitrogen and oxygen atoms in total. The van der Waals surface area contributed by atoms with E-state index in [2.05, 4.69) is 0 Å². The van der Waals surface area contributed by atoms with Crippen LogP contribution in [0.3, 0.4) is 0 Å². The Balaban J connectivity index is 1.74. The summed E-state index contributed by atoms with van der Waals surface area (Å²) in [6, 6.07) is 7.61. The number of nitrogens with zero attached hydrogens (tertiary/aromatic N) is 1. The number of hydrogen-bond donors (Lipinski definition) is 1. The van der Waals surface area contributed by atoms with Gasteiger partial charge in [0.05, 0.1) is 19.1 Å². The minimum Gasteiger partial charge on any atom is -0.481 e. The zero-order valence-electron chi connectivity index (χ0n) is 12.3. The molecule has 22 heavy (non-hydrogen) atoms. The van der Waals surface area contributed by atoms with Crippen molar-refractivity contribution in [2.24, 2.45) is 0 Å². The van der Waals surface area contributed by atoms with Crippen LogP contribution in [0.15, 0.2) is 24.3 Å². The molecular formula is C16H20ClNO4. The molecule has 0 bridgehead atoms. The normalized spacial score (nSPS) is 18.2. The Morgan fingerprint density at radius 3 is 2.73 bits per heavy atom. The summed E-state index contributed by atoms with van der Waals surface area (Å²) < 4.78 is 5.37. The molecule has 1 aromatic carbocycles. The van der Waals surface area contributed by atoms with E-state index in [1.54, 1.807) is 4.90 Å². The first-order valence-electron chi connectivity index (χ1n) is 7.40. The lowest BCUT2D eigenvalue weighted by molar-refractivity contribution is -0.147. The van der Waals surface area contributed by atoms with Gasteiger partial charge in [-0.2, -0.15) is 0 Å². The predicted octanol–water partition coefficient (Wildman–Crippen LogP) is 2.36. The summed E-state index contributed by atoms with van der Waals surface area (Å²) in [5, 5.41) is 9.49. The average molecular weight is 326 g/mol. The number of carboxylic acids is 1. The number of aryl methyl sites for hydroxylation is 1. The Morgan fingerprint density at radius 2 is 2.05 bits per heavy atom. The zero-order valence-corrected chi connectivity index (χ0v) is 13.1. The first kappa shape index (κ1) is 16.8. The van der Waals surface area contributed by atoms with E-state index in [0.29, 0.717) is 31.1 Å². The number of carbonyl (C=O) groups excluding carboxylic acids is 1. The van der Waals surface area contributed by atoms with E-state index in [4.69, 9.17) is 21.4 Å². The van der Waals surface area contributed by atoms with Gasteiger partial charge in [-0.3, -0.25) is 9.59 Å². The number of aliphatic carboxylic acids is 1. The maximum absolute atomic E-state index is 12.2. The Labute approximate surface area is 134 Å². The van der Waals surface area contributed by atoms with E-state index >= 15 is 0 Å². The van der Waals surface area contributed by atoms with Gasteiger partial charge in [0.15, 0.2) is 0 Å². The molecule has 1 aliphatic rings. The van der Waals surface area contributed by atoms with Crippen molar-refractivity contribution in [1.29, 1.82) is 0 Å². The smallest absolute Gasteiger partial charge is 0.306 e. The first-order valence-corrected chi connectivity index (χ1v) is 7.78. The third-order valence-corrected chi connectivity index (χ3v) is 3.92. The van der Waals surface area contributed by atoms with Crippen LogP contribution >= 0.6 is 11.6 Å². The molecule has 1 aliphatic heterocycles. The highest BCUT2D eigenvalue weighted by Gasteiger charge is 2.25. The van der Waals surface area contributed by atoms with Crippen molar-refractivity contribution in [1.82, 2.24) is 4.90 Å². The van der Waals surface area contributed by atoms with Gasteiger partial charge in [-0.25, -0.2) is 0 Å². The fraction of sp³-hybridized carbons (Fsp3) is 0.500. The first-order chi connectivity index (χ1) is 10.5. The van der Waals surface area contributed by atoms with Crippen LogP contribution in [-0.2, 0) is 20.7 Å². The van der Waals surface area contributed by atoms with Gasteiger partial charge in [-0.15, -0.1) is 0 Å². The van der Waals surface area contributed by atoms with Crippen LogP contribution in [0.2, 0.25) is 5.02 Å². The number of carboxylic acid groups (broad SMARTS) is 1. The highest BCUT2D eigenvalue weighted by atomic mass is 35.5. The van der Waals surface area contributed by atoms with Crippen LogP contribution in [0, 0.1) is 0 Å². The predicted molar refractivity (Wildman–Crippen MR) is 83.0 cm³/mol. The lowest BCUT2D eigenvalue weighted by Gasteiger charge is -2.32. The van der Waals surface area contributed by atoms with Crippen molar-refractivity contribution >= 4 is 23.5 Å². The van der Waals surface area contributed by atoms with E-state index in [9.17, 15) is 9.59 Å². The average Bonchev–Trinajstić information content (AvgIpc) is 2.49. The van der Waals surface area contributed by atoms with Gasteiger partial charge in [0.25, 0.3) is 0 Å². The molecule has 1 aromatic rings. The number of amides is 1. The second kappa shape index (κ2) is 8.15. The third-order valence-electron chi connectivity index (χ3n) is 3.66. The molecule has 1 atom stereocenters. The van der Waals surface area contributed by atoms with Gasteiger partial charge in [-0.1, -0.05) is 23.7 Å². The van der Waals surface area contributed by atoms with Crippen molar-refractivity contribution in [3.05, 3.63) is 34.9 Å². The fourth-order valence-corrected chi connectivity index (χ4v) is 2.64. The van der Waals surface area contributed by atoms with Gasteiger partial charge in [-0.05, 0) is 30.5 Å². The Bertz CT molecular complexity index is 517. The molecule has 2 rings (SSSR count). The Hall–Kier alpha value is -1.59. The van der Waals surface area contributed by atoms with Crippen LogP contribution in [0.5, 0.6) is 0 Å². The molecule has 0 aromatic heterocycles. The monoisotopic (exact) mass is 325 g/mol. The molecule has 6 heteroatoms. The molecule has 1 heterocycles. The number of rotatable bonds is 6. The number of carbonyl (C=O) groups is 2. The number of hydrogen-bond acceptors (Lipinski definition) is 3. The summed E-state index contributed by atoms with van der Waals surface area (Å²) in [7, 11) is 0. The van der Waals surface area contributed by atoms with Crippen LogP contribution in [0.1, 0.15) is 24.8 Å². The number of benzene rings is 1. The highest BCUT2D eigenvalue weighted by Crippen LogP contribution is 2.14. The topological polar surface area (TPSA) is 66.8 Å². The molecule has 1 saturated heterocycles. The molecular weight excluding hydrogens is 306 g/mol. The number of ether oxygens (including phenoxy) is 1. The van der Waals surface area contributed by atoms with E-state index in [1.807, 2.05) is 24.3 Å². The van der Waals surface area contributed by atoms with Gasteiger partial charge < -0.3 is 14.7 Å². The van der Waals surface area contributed by atoms with Crippen LogP contribution < -0.4 is 0 Å². The Kier molecular flexibility index (Phi) is 6.21. The number of morpholine rings is 1. The summed E-state index contributed by atoms with van der Waals surface area (Å²) in [6.45, 7) is 1.31. The molecule has 0 radical (unpaired) electrons. The van der Waals surface area contributed by atoms with Gasteiger partial charge in [0, 0.05) is 24.5 Å². The van der Waals surface area contributed by atoms with Crippen molar-refractivity contribution in [2.45, 2.75) is 31.8 Å². The molecule has 1 N–H and O–H groups in total. The summed E-state index contributed by atoms with van der Waals surface area (Å²) >= 11 is 5.83. The minimum absolute atomic E-state index is 0.0610. The van der Waals surface area contributed by atoms with Gasteiger partial charge in [0.2, 0.25) is 5.91 Å². The van der Waals surface area contributed by atoms with E-state index in [0.717, 1.165) is 18.4 Å². The molecule has 0 unspecified atom stereocenters. The van der Waals surface area contributed by atoms with E-state index in [-0.39, 0.29) is 12.3 Å². The Morgan fingerprint density at radius 1 is 1.32 bits per heavy atom. The zero-order chi connectivity index (χ0) is 15.9. The molecule has 1 amide bonds. The molecule has 1 fully saturated rings. The molecule has 0 spiro atoms. The van der Waals surface area contributed by atoms with E-state index < -0.39 is 12.1 Å². The summed E-state index contributed by atoms with van der Waals surface area (Å²) in [5.74, 6) is -0.838.